The van der Waals surface area contributed by atoms with Crippen LogP contribution in [0.3, 0.4) is 0 Å². The van der Waals surface area contributed by atoms with Gasteiger partial charge in [0.2, 0.25) is 5.91 Å². The highest BCUT2D eigenvalue weighted by molar-refractivity contribution is 8.02. The van der Waals surface area contributed by atoms with Gasteiger partial charge in [0.1, 0.15) is 5.51 Å². The van der Waals surface area contributed by atoms with Crippen LogP contribution >= 0.6 is 23.1 Å². The number of hydrogen-bond acceptors (Lipinski definition) is 7. The first-order valence-electron chi connectivity index (χ1n) is 7.39. The van der Waals surface area contributed by atoms with Crippen molar-refractivity contribution in [2.24, 2.45) is 0 Å². The number of morpholine rings is 1. The second kappa shape index (κ2) is 7.76. The number of carbonyl (C=O) groups is 1. The minimum absolute atomic E-state index is 0.0377. The first kappa shape index (κ1) is 16.2. The number of aromatic nitrogens is 2. The average molecular weight is 350 g/mol. The van der Waals surface area contributed by atoms with Crippen LogP contribution in [0.1, 0.15) is 6.92 Å². The van der Waals surface area contributed by atoms with Crippen LogP contribution < -0.4 is 10.2 Å². The quantitative estimate of drug-likeness (QED) is 0.836. The number of benzene rings is 1. The number of rotatable bonds is 5. The van der Waals surface area contributed by atoms with Crippen LogP contribution in [0, 0.1) is 0 Å². The normalized spacial score (nSPS) is 16.1. The van der Waals surface area contributed by atoms with Crippen molar-refractivity contribution >= 4 is 40.4 Å². The Bertz CT molecular complexity index is 627. The summed E-state index contributed by atoms with van der Waals surface area (Å²) in [5, 5.41) is 10.4. The maximum atomic E-state index is 12.2. The Morgan fingerprint density at radius 3 is 2.74 bits per heavy atom. The first-order chi connectivity index (χ1) is 11.2. The third-order valence-corrected chi connectivity index (χ3v) is 5.41. The van der Waals surface area contributed by atoms with E-state index in [-0.39, 0.29) is 11.2 Å². The SMILES string of the molecule is C[C@H](Sc1nncs1)C(=O)Nc1ccc(N2CCOCC2)cc1. The van der Waals surface area contributed by atoms with E-state index in [9.17, 15) is 4.79 Å². The van der Waals surface area contributed by atoms with Gasteiger partial charge >= 0.3 is 0 Å². The predicted molar refractivity (Wildman–Crippen MR) is 93.3 cm³/mol. The van der Waals surface area contributed by atoms with Gasteiger partial charge in [-0.15, -0.1) is 10.2 Å². The Labute approximate surface area is 143 Å². The first-order valence-corrected chi connectivity index (χ1v) is 9.15. The van der Waals surface area contributed by atoms with Crippen molar-refractivity contribution in [1.29, 1.82) is 0 Å². The molecule has 1 saturated heterocycles. The molecule has 6 nitrogen and oxygen atoms in total. The van der Waals surface area contributed by atoms with Gasteiger partial charge in [-0.1, -0.05) is 23.1 Å². The van der Waals surface area contributed by atoms with E-state index in [1.165, 1.54) is 23.1 Å². The third kappa shape index (κ3) is 4.43. The molecule has 1 aromatic heterocycles. The Kier molecular flexibility index (Phi) is 5.47. The van der Waals surface area contributed by atoms with E-state index >= 15 is 0 Å². The lowest BCUT2D eigenvalue weighted by atomic mass is 10.2. The molecule has 0 spiro atoms. The largest absolute Gasteiger partial charge is 0.378 e. The predicted octanol–water partition coefficient (Wildman–Crippen LogP) is 2.49. The summed E-state index contributed by atoms with van der Waals surface area (Å²) in [6, 6.07) is 7.93. The summed E-state index contributed by atoms with van der Waals surface area (Å²) in [7, 11) is 0. The van der Waals surface area contributed by atoms with Crippen molar-refractivity contribution < 1.29 is 9.53 Å². The fourth-order valence-corrected chi connectivity index (χ4v) is 3.87. The molecule has 1 atom stereocenters. The highest BCUT2D eigenvalue weighted by atomic mass is 32.2. The molecule has 122 valence electrons. The van der Waals surface area contributed by atoms with E-state index in [2.05, 4.69) is 20.4 Å². The maximum absolute atomic E-state index is 12.2. The smallest absolute Gasteiger partial charge is 0.237 e. The summed E-state index contributed by atoms with van der Waals surface area (Å²) >= 11 is 2.85. The molecule has 3 rings (SSSR count). The zero-order chi connectivity index (χ0) is 16.1. The Hall–Kier alpha value is -1.64. The highest BCUT2D eigenvalue weighted by Crippen LogP contribution is 2.25. The molecule has 0 aliphatic carbocycles. The average Bonchev–Trinajstić information content (AvgIpc) is 3.09. The molecule has 0 radical (unpaired) electrons. The lowest BCUT2D eigenvalue weighted by Gasteiger charge is -2.28. The van der Waals surface area contributed by atoms with Crippen LogP contribution in [-0.2, 0) is 9.53 Å². The number of ether oxygens (including phenoxy) is 1. The van der Waals surface area contributed by atoms with Crippen LogP contribution in [0.25, 0.3) is 0 Å². The van der Waals surface area contributed by atoms with Crippen molar-refractivity contribution in [3.05, 3.63) is 29.8 Å². The monoisotopic (exact) mass is 350 g/mol. The second-order valence-corrected chi connectivity index (χ2v) is 7.52. The summed E-state index contributed by atoms with van der Waals surface area (Å²) < 4.78 is 6.16. The zero-order valence-electron chi connectivity index (χ0n) is 12.8. The number of amides is 1. The van der Waals surface area contributed by atoms with Gasteiger partial charge in [0.15, 0.2) is 4.34 Å². The lowest BCUT2D eigenvalue weighted by molar-refractivity contribution is -0.115. The fourth-order valence-electron chi connectivity index (χ4n) is 2.24. The van der Waals surface area contributed by atoms with Crippen LogP contribution in [0.5, 0.6) is 0 Å². The molecule has 2 aromatic rings. The Balaban J connectivity index is 1.55. The van der Waals surface area contributed by atoms with Crippen molar-refractivity contribution in [3.8, 4) is 0 Å². The van der Waals surface area contributed by atoms with Gasteiger partial charge in [-0.3, -0.25) is 4.79 Å². The van der Waals surface area contributed by atoms with Crippen molar-refractivity contribution in [1.82, 2.24) is 10.2 Å². The highest BCUT2D eigenvalue weighted by Gasteiger charge is 2.16. The van der Waals surface area contributed by atoms with Gasteiger partial charge in [0.25, 0.3) is 0 Å². The molecule has 1 aromatic carbocycles. The molecule has 0 unspecified atom stereocenters. The number of nitrogens with zero attached hydrogens (tertiary/aromatic N) is 3. The second-order valence-electron chi connectivity index (χ2n) is 5.10. The third-order valence-electron chi connectivity index (χ3n) is 3.50. The van der Waals surface area contributed by atoms with Crippen LogP contribution in [0.2, 0.25) is 0 Å². The topological polar surface area (TPSA) is 67.4 Å². The molecule has 0 saturated carbocycles. The molecule has 1 N–H and O–H groups in total. The molecular weight excluding hydrogens is 332 g/mol. The van der Waals surface area contributed by atoms with E-state index in [1.807, 2.05) is 31.2 Å². The van der Waals surface area contributed by atoms with E-state index < -0.39 is 0 Å². The van der Waals surface area contributed by atoms with Gasteiger partial charge in [0.05, 0.1) is 18.5 Å². The van der Waals surface area contributed by atoms with E-state index in [1.54, 1.807) is 5.51 Å². The standard InChI is InChI=1S/C15H18N4O2S2/c1-11(23-15-18-16-10-22-15)14(20)17-12-2-4-13(5-3-12)19-6-8-21-9-7-19/h2-5,10-11H,6-9H2,1H3,(H,17,20)/t11-/m0/s1. The molecular formula is C15H18N4O2S2. The lowest BCUT2D eigenvalue weighted by Crippen LogP contribution is -2.36. The fraction of sp³-hybridized carbons (Fsp3) is 0.400. The zero-order valence-corrected chi connectivity index (χ0v) is 14.4. The molecule has 1 amide bonds. The number of hydrogen-bond donors (Lipinski definition) is 1. The van der Waals surface area contributed by atoms with Gasteiger partial charge in [-0.2, -0.15) is 0 Å². The molecule has 1 fully saturated rings. The number of anilines is 2. The van der Waals surface area contributed by atoms with Gasteiger partial charge in [-0.25, -0.2) is 0 Å². The van der Waals surface area contributed by atoms with Gasteiger partial charge in [0, 0.05) is 24.5 Å². The summed E-state index contributed by atoms with van der Waals surface area (Å²) in [6.07, 6.45) is 0. The van der Waals surface area contributed by atoms with Crippen LogP contribution in [0.15, 0.2) is 34.1 Å². The number of thioether (sulfide) groups is 1. The minimum Gasteiger partial charge on any atom is -0.378 e. The molecule has 0 bridgehead atoms. The van der Waals surface area contributed by atoms with Crippen LogP contribution in [0.4, 0.5) is 11.4 Å². The number of nitrogens with one attached hydrogen (secondary N) is 1. The van der Waals surface area contributed by atoms with E-state index in [0.29, 0.717) is 0 Å². The molecule has 8 heteroatoms. The van der Waals surface area contributed by atoms with Crippen molar-refractivity contribution in [2.45, 2.75) is 16.5 Å². The minimum atomic E-state index is -0.220. The molecule has 1 aliphatic heterocycles. The summed E-state index contributed by atoms with van der Waals surface area (Å²) in [5.74, 6) is -0.0377. The van der Waals surface area contributed by atoms with Gasteiger partial charge < -0.3 is 15.0 Å². The van der Waals surface area contributed by atoms with Crippen LogP contribution in [-0.4, -0.2) is 47.7 Å². The molecule has 1 aliphatic rings. The molecule has 23 heavy (non-hydrogen) atoms. The molecule has 2 heterocycles. The van der Waals surface area contributed by atoms with E-state index in [4.69, 9.17) is 4.74 Å². The van der Waals surface area contributed by atoms with E-state index in [0.717, 1.165) is 42.0 Å². The summed E-state index contributed by atoms with van der Waals surface area (Å²) in [6.45, 7) is 5.20. The van der Waals surface area contributed by atoms with Crippen molar-refractivity contribution in [2.75, 3.05) is 36.5 Å². The van der Waals surface area contributed by atoms with Gasteiger partial charge in [-0.05, 0) is 31.2 Å². The Morgan fingerprint density at radius 1 is 1.35 bits per heavy atom. The van der Waals surface area contributed by atoms with Crippen molar-refractivity contribution in [3.63, 3.8) is 0 Å². The summed E-state index contributed by atoms with van der Waals surface area (Å²) in [4.78, 5) is 14.5. The Morgan fingerprint density at radius 2 is 2.09 bits per heavy atom. The number of carbonyl (C=O) groups excluding carboxylic acids is 1. The maximum Gasteiger partial charge on any atom is 0.237 e. The summed E-state index contributed by atoms with van der Waals surface area (Å²) in [5.41, 5.74) is 3.62.